The normalized spacial score (nSPS) is 19.3. The number of amides is 2. The van der Waals surface area contributed by atoms with Crippen molar-refractivity contribution in [2.45, 2.75) is 24.7 Å². The zero-order chi connectivity index (χ0) is 26.9. The van der Waals surface area contributed by atoms with Crippen LogP contribution in [0.4, 0.5) is 11.5 Å². The Morgan fingerprint density at radius 3 is 2.82 bits per heavy atom. The number of carbonyl (C=O) groups excluding carboxylic acids is 2. The number of nitriles is 1. The predicted octanol–water partition coefficient (Wildman–Crippen LogP) is 3.41. The fourth-order valence-electron chi connectivity index (χ4n) is 5.02. The Morgan fingerprint density at radius 2 is 2.08 bits per heavy atom. The van der Waals surface area contributed by atoms with Crippen molar-refractivity contribution < 1.29 is 24.2 Å². The van der Waals surface area contributed by atoms with Crippen LogP contribution in [0.3, 0.4) is 0 Å². The van der Waals surface area contributed by atoms with Gasteiger partial charge in [0.1, 0.15) is 11.6 Å². The molecule has 0 radical (unpaired) electrons. The maximum atomic E-state index is 13.4. The second-order valence-corrected chi connectivity index (χ2v) is 9.43. The number of fused-ring (bicyclic) bond motifs is 2. The molecule has 2 heterocycles. The van der Waals surface area contributed by atoms with Gasteiger partial charge in [0.05, 0.1) is 24.4 Å². The lowest BCUT2D eigenvalue weighted by atomic mass is 9.86. The number of aryl methyl sites for hydroxylation is 1. The van der Waals surface area contributed by atoms with Gasteiger partial charge in [-0.1, -0.05) is 12.1 Å². The number of aliphatic carboxylic acids is 1. The van der Waals surface area contributed by atoms with Crippen molar-refractivity contribution in [2.75, 3.05) is 17.2 Å². The van der Waals surface area contributed by atoms with Crippen molar-refractivity contribution in [1.29, 1.82) is 5.26 Å². The van der Waals surface area contributed by atoms with E-state index in [1.807, 2.05) is 0 Å². The van der Waals surface area contributed by atoms with Gasteiger partial charge in [0.2, 0.25) is 5.91 Å². The molecule has 0 unspecified atom stereocenters. The standard InChI is InChI=1S/C28H25N5O5/c1-33-24(9-11-30-33)32-26(36)19-7-8-23-20(14-19)28(10-12-38-23)15-21(28)27(37)31-22-13-17(16-29)5-6-18(22)3-2-4-25(34)35/h2,4-9,11,13-14,21H,3,10,12,15H2,1H3,(H,31,37)(H,32,36)(H,34,35)/t21-,28-/m0/s1. The molecule has 2 aliphatic rings. The Hall–Kier alpha value is -4.91. The number of nitrogens with zero attached hydrogens (tertiary/aromatic N) is 3. The Bertz CT molecular complexity index is 1520. The van der Waals surface area contributed by atoms with Crippen molar-refractivity contribution in [3.63, 3.8) is 0 Å². The van der Waals surface area contributed by atoms with E-state index < -0.39 is 11.4 Å². The van der Waals surface area contributed by atoms with Crippen molar-refractivity contribution in [1.82, 2.24) is 9.78 Å². The van der Waals surface area contributed by atoms with Crippen LogP contribution < -0.4 is 15.4 Å². The molecule has 1 spiro atoms. The molecule has 0 bridgehead atoms. The monoisotopic (exact) mass is 511 g/mol. The van der Waals surface area contributed by atoms with Crippen LogP contribution >= 0.6 is 0 Å². The number of carbonyl (C=O) groups is 3. The summed E-state index contributed by atoms with van der Waals surface area (Å²) in [6, 6.07) is 14.0. The van der Waals surface area contributed by atoms with E-state index >= 15 is 0 Å². The van der Waals surface area contributed by atoms with E-state index in [0.717, 1.165) is 11.6 Å². The lowest BCUT2D eigenvalue weighted by Gasteiger charge is -2.27. The molecule has 2 atom stereocenters. The van der Waals surface area contributed by atoms with Crippen molar-refractivity contribution in [3.8, 4) is 11.8 Å². The third kappa shape index (κ3) is 4.74. The summed E-state index contributed by atoms with van der Waals surface area (Å²) >= 11 is 0. The first kappa shape index (κ1) is 24.8. The lowest BCUT2D eigenvalue weighted by molar-refractivity contribution is -0.131. The summed E-state index contributed by atoms with van der Waals surface area (Å²) in [4.78, 5) is 37.2. The van der Waals surface area contributed by atoms with Crippen LogP contribution in [0.25, 0.3) is 0 Å². The first-order valence-electron chi connectivity index (χ1n) is 12.1. The molecular formula is C28H25N5O5. The zero-order valence-corrected chi connectivity index (χ0v) is 20.6. The molecule has 1 aliphatic carbocycles. The molecule has 38 heavy (non-hydrogen) atoms. The highest BCUT2D eigenvalue weighted by Crippen LogP contribution is 2.61. The van der Waals surface area contributed by atoms with Crippen LogP contribution in [0.1, 0.15) is 39.9 Å². The fourth-order valence-corrected chi connectivity index (χ4v) is 5.02. The van der Waals surface area contributed by atoms with Gasteiger partial charge < -0.3 is 20.5 Å². The van der Waals surface area contributed by atoms with Gasteiger partial charge in [0.25, 0.3) is 5.91 Å². The molecule has 3 N–H and O–H groups in total. The predicted molar refractivity (Wildman–Crippen MR) is 138 cm³/mol. The Kier molecular flexibility index (Phi) is 6.43. The molecule has 10 nitrogen and oxygen atoms in total. The summed E-state index contributed by atoms with van der Waals surface area (Å²) in [5.41, 5.74) is 2.40. The molecular weight excluding hydrogens is 486 g/mol. The average molecular weight is 512 g/mol. The van der Waals surface area contributed by atoms with Crippen LogP contribution in [0.5, 0.6) is 5.75 Å². The van der Waals surface area contributed by atoms with Crippen molar-refractivity contribution >= 4 is 29.3 Å². The SMILES string of the molecule is Cn1nccc1NC(=O)c1ccc2c(c1)[C@]1(CCO2)C[C@H]1C(=O)Nc1cc(C#N)ccc1CC=CC(=O)O. The molecule has 1 saturated carbocycles. The van der Waals surface area contributed by atoms with E-state index in [4.69, 9.17) is 9.84 Å². The number of rotatable bonds is 7. The summed E-state index contributed by atoms with van der Waals surface area (Å²) in [6.45, 7) is 0.465. The van der Waals surface area contributed by atoms with Crippen LogP contribution in [-0.4, -0.2) is 39.3 Å². The van der Waals surface area contributed by atoms with E-state index in [9.17, 15) is 19.6 Å². The van der Waals surface area contributed by atoms with E-state index in [2.05, 4.69) is 21.8 Å². The summed E-state index contributed by atoms with van der Waals surface area (Å²) in [7, 11) is 1.74. The van der Waals surface area contributed by atoms with Crippen LogP contribution in [0.2, 0.25) is 0 Å². The first-order valence-corrected chi connectivity index (χ1v) is 12.1. The molecule has 3 aromatic rings. The van der Waals surface area contributed by atoms with Gasteiger partial charge in [-0.15, -0.1) is 0 Å². The summed E-state index contributed by atoms with van der Waals surface area (Å²) in [6.07, 6.45) is 5.66. The molecule has 2 aromatic carbocycles. The number of benzene rings is 2. The minimum absolute atomic E-state index is 0.193. The molecule has 1 fully saturated rings. The van der Waals surface area contributed by atoms with Crippen LogP contribution in [0, 0.1) is 17.2 Å². The second-order valence-electron chi connectivity index (χ2n) is 9.43. The lowest BCUT2D eigenvalue weighted by Crippen LogP contribution is -2.27. The third-order valence-electron chi connectivity index (χ3n) is 7.13. The summed E-state index contributed by atoms with van der Waals surface area (Å²) in [5.74, 6) is -0.651. The van der Waals surface area contributed by atoms with Gasteiger partial charge in [-0.2, -0.15) is 10.4 Å². The van der Waals surface area contributed by atoms with Gasteiger partial charge in [0, 0.05) is 47.3 Å². The Labute approximate surface area is 218 Å². The third-order valence-corrected chi connectivity index (χ3v) is 7.13. The van der Waals surface area contributed by atoms with Gasteiger partial charge in [-0.25, -0.2) is 4.79 Å². The topological polar surface area (TPSA) is 146 Å². The van der Waals surface area contributed by atoms with Crippen LogP contribution in [0.15, 0.2) is 60.8 Å². The molecule has 2 amide bonds. The van der Waals surface area contributed by atoms with Gasteiger partial charge in [-0.05, 0) is 55.2 Å². The van der Waals surface area contributed by atoms with Crippen LogP contribution in [-0.2, 0) is 28.5 Å². The quantitative estimate of drug-likeness (QED) is 0.412. The summed E-state index contributed by atoms with van der Waals surface area (Å²) < 4.78 is 7.41. The van der Waals surface area contributed by atoms with E-state index in [1.165, 1.54) is 6.08 Å². The fraction of sp³-hybridized carbons (Fsp3) is 0.250. The minimum Gasteiger partial charge on any atom is -0.493 e. The largest absolute Gasteiger partial charge is 0.493 e. The summed E-state index contributed by atoms with van der Waals surface area (Å²) in [5, 5.41) is 28.1. The van der Waals surface area contributed by atoms with Gasteiger partial charge in [-0.3, -0.25) is 14.3 Å². The number of anilines is 2. The maximum absolute atomic E-state index is 13.4. The number of carboxylic acid groups (broad SMARTS) is 1. The highest BCUT2D eigenvalue weighted by atomic mass is 16.5. The number of hydrogen-bond donors (Lipinski definition) is 3. The highest BCUT2D eigenvalue weighted by molar-refractivity contribution is 6.04. The zero-order valence-electron chi connectivity index (χ0n) is 20.6. The number of ether oxygens (including phenoxy) is 1. The Balaban J connectivity index is 1.37. The number of nitrogens with one attached hydrogen (secondary N) is 2. The van der Waals surface area contributed by atoms with Gasteiger partial charge in [0.15, 0.2) is 0 Å². The number of allylic oxidation sites excluding steroid dienone is 1. The molecule has 192 valence electrons. The highest BCUT2D eigenvalue weighted by Gasteiger charge is 2.61. The number of carboxylic acids is 1. The van der Waals surface area contributed by atoms with Crippen molar-refractivity contribution in [2.24, 2.45) is 13.0 Å². The number of hydrogen-bond acceptors (Lipinski definition) is 6. The van der Waals surface area contributed by atoms with E-state index in [1.54, 1.807) is 60.4 Å². The number of aromatic nitrogens is 2. The molecule has 5 rings (SSSR count). The van der Waals surface area contributed by atoms with Gasteiger partial charge >= 0.3 is 5.97 Å². The molecule has 0 saturated heterocycles. The molecule has 1 aliphatic heterocycles. The Morgan fingerprint density at radius 1 is 1.24 bits per heavy atom. The smallest absolute Gasteiger partial charge is 0.327 e. The average Bonchev–Trinajstić information content (AvgIpc) is 3.49. The van der Waals surface area contributed by atoms with E-state index in [0.29, 0.717) is 53.4 Å². The second kappa shape index (κ2) is 9.86. The van der Waals surface area contributed by atoms with E-state index in [-0.39, 0.29) is 24.2 Å². The molecule has 1 aromatic heterocycles. The maximum Gasteiger partial charge on any atom is 0.327 e. The first-order chi connectivity index (χ1) is 18.3. The minimum atomic E-state index is -1.06. The molecule has 10 heteroatoms. The van der Waals surface area contributed by atoms with Crippen molar-refractivity contribution in [3.05, 3.63) is 83.1 Å².